The van der Waals surface area contributed by atoms with E-state index in [9.17, 15) is 23.1 Å². The summed E-state index contributed by atoms with van der Waals surface area (Å²) in [5, 5.41) is 13.6. The van der Waals surface area contributed by atoms with E-state index in [1.54, 1.807) is 12.1 Å². The number of hydrogen-bond donors (Lipinski definition) is 2. The Bertz CT molecular complexity index is 955. The number of hydrogen-bond acceptors (Lipinski definition) is 2. The second-order valence-corrected chi connectivity index (χ2v) is 8.25. The monoisotopic (exact) mass is 387 g/mol. The minimum Gasteiger partial charge on any atom is -0.481 e. The van der Waals surface area contributed by atoms with Gasteiger partial charge in [0.25, 0.3) is 0 Å². The highest BCUT2D eigenvalue weighted by Crippen LogP contribution is 2.67. The predicted molar refractivity (Wildman–Crippen MR) is 97.1 cm³/mol. The largest absolute Gasteiger partial charge is 0.481 e. The summed E-state index contributed by atoms with van der Waals surface area (Å²) in [7, 11) is 0. The van der Waals surface area contributed by atoms with Gasteiger partial charge in [0.2, 0.25) is 0 Å². The number of halogens is 3. The van der Waals surface area contributed by atoms with Gasteiger partial charge in [0.1, 0.15) is 0 Å². The van der Waals surface area contributed by atoms with Crippen molar-refractivity contribution in [2.75, 3.05) is 13.1 Å². The average Bonchev–Trinajstić information content (AvgIpc) is 3.16. The van der Waals surface area contributed by atoms with Crippen LogP contribution in [0.4, 0.5) is 13.2 Å². The molecule has 1 aliphatic heterocycles. The summed E-state index contributed by atoms with van der Waals surface area (Å²) < 4.78 is 39.2. The van der Waals surface area contributed by atoms with Crippen molar-refractivity contribution in [3.63, 3.8) is 0 Å². The number of rotatable bonds is 2. The summed E-state index contributed by atoms with van der Waals surface area (Å²) in [4.78, 5) is 12.5. The fourth-order valence-corrected chi connectivity index (χ4v) is 6.31. The molecule has 2 bridgehead atoms. The molecule has 28 heavy (non-hydrogen) atoms. The summed E-state index contributed by atoms with van der Waals surface area (Å²) in [6.07, 6.45) is -2.91. The first-order chi connectivity index (χ1) is 13.3. The molecule has 6 rings (SSSR count). The van der Waals surface area contributed by atoms with Crippen molar-refractivity contribution >= 4 is 5.97 Å². The smallest absolute Gasteiger partial charge is 0.416 e. The molecule has 6 heteroatoms. The summed E-state index contributed by atoms with van der Waals surface area (Å²) in [5.74, 6) is -1.07. The maximum Gasteiger partial charge on any atom is 0.416 e. The number of aliphatic carboxylic acids is 1. The normalized spacial score (nSPS) is 33.4. The number of nitrogens with one attached hydrogen (secondary N) is 1. The molecule has 0 amide bonds. The molecular formula is C22H20F3NO2. The summed E-state index contributed by atoms with van der Waals surface area (Å²) >= 11 is 0. The fraction of sp³-hybridized carbons (Fsp3) is 0.409. The lowest BCUT2D eigenvalue weighted by molar-refractivity contribution is -0.157. The number of carboxylic acid groups (broad SMARTS) is 1. The van der Waals surface area contributed by atoms with E-state index < -0.39 is 28.5 Å². The summed E-state index contributed by atoms with van der Waals surface area (Å²) in [6, 6.07) is 13.2. The molecule has 4 unspecified atom stereocenters. The van der Waals surface area contributed by atoms with E-state index in [-0.39, 0.29) is 11.8 Å². The lowest BCUT2D eigenvalue weighted by atomic mass is 9.42. The van der Waals surface area contributed by atoms with Gasteiger partial charge in [-0.2, -0.15) is 13.2 Å². The minimum absolute atomic E-state index is 0.0717. The Kier molecular flexibility index (Phi) is 3.55. The van der Waals surface area contributed by atoms with Crippen LogP contribution in [0.1, 0.15) is 41.0 Å². The standard InChI is InChI=1S/C22H20F3NO2/c23-22(24,25)14-7-5-13(6-8-14)20-10-9-17(15-3-1-2-4-16(15)20)21(19(27)28)12-26-11-18(20)21/h1-8,17-18,26H,9-12H2,(H,27,28). The van der Waals surface area contributed by atoms with Crippen LogP contribution in [0.25, 0.3) is 0 Å². The van der Waals surface area contributed by atoms with E-state index in [1.807, 2.05) is 24.3 Å². The molecule has 0 aromatic heterocycles. The van der Waals surface area contributed by atoms with Crippen molar-refractivity contribution in [2.45, 2.75) is 30.4 Å². The molecule has 3 aliphatic carbocycles. The topological polar surface area (TPSA) is 49.3 Å². The van der Waals surface area contributed by atoms with Crippen LogP contribution in [0.3, 0.4) is 0 Å². The Labute approximate surface area is 160 Å². The molecule has 146 valence electrons. The van der Waals surface area contributed by atoms with Gasteiger partial charge >= 0.3 is 12.1 Å². The highest BCUT2D eigenvalue weighted by atomic mass is 19.4. The van der Waals surface area contributed by atoms with Crippen molar-refractivity contribution in [3.8, 4) is 0 Å². The Morgan fingerprint density at radius 3 is 2.50 bits per heavy atom. The molecule has 2 N–H and O–H groups in total. The molecule has 4 atom stereocenters. The van der Waals surface area contributed by atoms with Gasteiger partial charge < -0.3 is 10.4 Å². The molecule has 2 aromatic carbocycles. The first-order valence-corrected chi connectivity index (χ1v) is 9.53. The fourth-order valence-electron chi connectivity index (χ4n) is 6.31. The molecule has 0 spiro atoms. The first-order valence-electron chi connectivity index (χ1n) is 9.53. The average molecular weight is 387 g/mol. The lowest BCUT2D eigenvalue weighted by Gasteiger charge is -2.59. The third kappa shape index (κ3) is 2.01. The van der Waals surface area contributed by atoms with Crippen LogP contribution in [-0.2, 0) is 16.4 Å². The molecule has 1 saturated carbocycles. The van der Waals surface area contributed by atoms with E-state index in [1.165, 1.54) is 0 Å². The number of carboxylic acids is 1. The van der Waals surface area contributed by atoms with E-state index in [0.717, 1.165) is 41.7 Å². The van der Waals surface area contributed by atoms with E-state index >= 15 is 0 Å². The molecule has 1 saturated heterocycles. The third-order valence-corrected chi connectivity index (χ3v) is 7.37. The zero-order valence-electron chi connectivity index (χ0n) is 15.1. The first kappa shape index (κ1) is 17.7. The highest BCUT2D eigenvalue weighted by molar-refractivity contribution is 5.80. The van der Waals surface area contributed by atoms with Crippen LogP contribution >= 0.6 is 0 Å². The van der Waals surface area contributed by atoms with Crippen molar-refractivity contribution in [1.82, 2.24) is 5.32 Å². The van der Waals surface area contributed by atoms with E-state index in [2.05, 4.69) is 5.32 Å². The zero-order valence-corrected chi connectivity index (χ0v) is 15.1. The Morgan fingerprint density at radius 1 is 1.11 bits per heavy atom. The van der Waals surface area contributed by atoms with Gasteiger partial charge in [0.05, 0.1) is 11.0 Å². The molecule has 2 aromatic rings. The lowest BCUT2D eigenvalue weighted by Crippen LogP contribution is -2.60. The van der Waals surface area contributed by atoms with Crippen molar-refractivity contribution in [3.05, 3.63) is 70.8 Å². The van der Waals surface area contributed by atoms with Gasteiger partial charge in [-0.15, -0.1) is 0 Å². The Morgan fingerprint density at radius 2 is 1.82 bits per heavy atom. The maximum atomic E-state index is 13.1. The van der Waals surface area contributed by atoms with Gasteiger partial charge in [0, 0.05) is 30.3 Å². The van der Waals surface area contributed by atoms with Crippen LogP contribution in [0.15, 0.2) is 48.5 Å². The van der Waals surface area contributed by atoms with Gasteiger partial charge in [-0.3, -0.25) is 4.79 Å². The van der Waals surface area contributed by atoms with Crippen molar-refractivity contribution in [2.24, 2.45) is 11.3 Å². The van der Waals surface area contributed by atoms with Gasteiger partial charge in [-0.25, -0.2) is 0 Å². The summed E-state index contributed by atoms with van der Waals surface area (Å²) in [6.45, 7) is 0.951. The van der Waals surface area contributed by atoms with Crippen LogP contribution in [0, 0.1) is 11.3 Å². The molecular weight excluding hydrogens is 367 g/mol. The van der Waals surface area contributed by atoms with Crippen molar-refractivity contribution in [1.29, 1.82) is 0 Å². The van der Waals surface area contributed by atoms with Gasteiger partial charge in [-0.05, 0) is 41.7 Å². The van der Waals surface area contributed by atoms with Gasteiger partial charge in [0.15, 0.2) is 0 Å². The third-order valence-electron chi connectivity index (χ3n) is 7.37. The zero-order chi connectivity index (χ0) is 19.7. The molecule has 2 fully saturated rings. The number of alkyl halides is 3. The van der Waals surface area contributed by atoms with Crippen LogP contribution in [0.2, 0.25) is 0 Å². The second-order valence-electron chi connectivity index (χ2n) is 8.25. The maximum absolute atomic E-state index is 13.1. The second kappa shape index (κ2) is 5.60. The number of carbonyl (C=O) groups is 1. The Hall–Kier alpha value is -2.34. The SMILES string of the molecule is O=C(O)C12CNCC1C1(c3ccc(C(F)(F)F)cc3)CCC2c2ccccc21. The molecule has 1 heterocycles. The van der Waals surface area contributed by atoms with Crippen molar-refractivity contribution < 1.29 is 23.1 Å². The Balaban J connectivity index is 1.76. The molecule has 3 nitrogen and oxygen atoms in total. The van der Waals surface area contributed by atoms with Crippen LogP contribution in [-0.4, -0.2) is 24.2 Å². The summed E-state index contributed by atoms with van der Waals surface area (Å²) in [5.41, 5.74) is 0.713. The van der Waals surface area contributed by atoms with E-state index in [0.29, 0.717) is 13.1 Å². The number of benzene rings is 2. The molecule has 4 aliphatic rings. The van der Waals surface area contributed by atoms with Gasteiger partial charge in [-0.1, -0.05) is 36.4 Å². The predicted octanol–water partition coefficient (Wildman–Crippen LogP) is 4.17. The van der Waals surface area contributed by atoms with Crippen LogP contribution in [0.5, 0.6) is 0 Å². The molecule has 0 radical (unpaired) electrons. The quantitative estimate of drug-likeness (QED) is 0.813. The van der Waals surface area contributed by atoms with E-state index in [4.69, 9.17) is 0 Å². The number of fused-ring (bicyclic) bond motifs is 1. The van der Waals surface area contributed by atoms with Crippen LogP contribution < -0.4 is 5.32 Å². The minimum atomic E-state index is -4.39. The highest BCUT2D eigenvalue weighted by Gasteiger charge is 2.68.